The van der Waals surface area contributed by atoms with Crippen LogP contribution in [0, 0.1) is 0 Å². The fraction of sp³-hybridized carbons (Fsp3) is 0.423. The first-order valence-electron chi connectivity index (χ1n) is 12.5. The molecule has 0 spiro atoms. The minimum atomic E-state index is -2.08. The van der Waals surface area contributed by atoms with Crippen LogP contribution in [0.3, 0.4) is 0 Å². The van der Waals surface area contributed by atoms with E-state index in [0.29, 0.717) is 0 Å². The molecule has 1 aliphatic carbocycles. The van der Waals surface area contributed by atoms with Gasteiger partial charge in [0.1, 0.15) is 54.0 Å². The molecule has 9 N–H and O–H groups in total. The van der Waals surface area contributed by atoms with Crippen LogP contribution in [-0.2, 0) is 14.2 Å². The second kappa shape index (κ2) is 11.2. The number of aromatic carboxylic acids is 1. The van der Waals surface area contributed by atoms with E-state index < -0.39 is 120 Å². The van der Waals surface area contributed by atoms with Crippen LogP contribution >= 0.6 is 0 Å². The Labute approximate surface area is 235 Å². The summed E-state index contributed by atoms with van der Waals surface area (Å²) in [7, 11) is 0. The molecule has 0 saturated carbocycles. The number of phenols is 2. The SMILES string of the molecule is O=C(O)c1c(O)c(O[C@@H]2O[C@H](CO[C@@H]3OC[C@@H](O)[C@H](O)[C@H]3O)[C@@H](O)[C@H](O)[C@H]2O)c2c(c1O)C(=O)c1ccccc1C2=O. The third-order valence-electron chi connectivity index (χ3n) is 7.27. The molecule has 0 radical (unpaired) electrons. The fourth-order valence-electron chi connectivity index (χ4n) is 4.99. The molecule has 2 saturated heterocycles. The van der Waals surface area contributed by atoms with Gasteiger partial charge in [0.25, 0.3) is 0 Å². The van der Waals surface area contributed by atoms with Crippen molar-refractivity contribution in [2.24, 2.45) is 0 Å². The van der Waals surface area contributed by atoms with Crippen molar-refractivity contribution in [1.29, 1.82) is 0 Å². The molecule has 226 valence electrons. The van der Waals surface area contributed by atoms with Gasteiger partial charge in [-0.2, -0.15) is 0 Å². The standard InChI is InChI=1S/C26H26O16/c27-9-5-39-25(21(35)16(9)30)40-6-10-17(31)20(34)22(36)26(41-10)42-23-12-11(18(32)13(19(23)33)24(37)38)14(28)7-3-1-2-4-8(7)15(12)29/h1-4,9-10,16-17,20-22,25-27,30-36H,5-6H2,(H,37,38)/t9-,10-,16+,17-,20+,21-,22-,25+,26+/m1/s1. The average molecular weight is 594 g/mol. The van der Waals surface area contributed by atoms with Crippen LogP contribution in [0.1, 0.15) is 42.2 Å². The van der Waals surface area contributed by atoms with E-state index in [1.165, 1.54) is 24.3 Å². The number of hydrogen-bond donors (Lipinski definition) is 9. The second-order valence-electron chi connectivity index (χ2n) is 9.88. The summed E-state index contributed by atoms with van der Waals surface area (Å²) in [5.41, 5.74) is -3.05. The van der Waals surface area contributed by atoms with Gasteiger partial charge in [-0.15, -0.1) is 0 Å². The zero-order chi connectivity index (χ0) is 30.6. The van der Waals surface area contributed by atoms with Crippen molar-refractivity contribution in [1.82, 2.24) is 0 Å². The second-order valence-corrected chi connectivity index (χ2v) is 9.88. The van der Waals surface area contributed by atoms with Crippen molar-refractivity contribution < 1.29 is 79.3 Å². The van der Waals surface area contributed by atoms with Crippen molar-refractivity contribution in [2.75, 3.05) is 13.2 Å². The van der Waals surface area contributed by atoms with Crippen molar-refractivity contribution in [3.63, 3.8) is 0 Å². The maximum absolute atomic E-state index is 13.4. The number of carboxylic acids is 1. The van der Waals surface area contributed by atoms with Crippen LogP contribution in [-0.4, -0.2) is 132 Å². The third kappa shape index (κ3) is 4.77. The highest BCUT2D eigenvalue weighted by Crippen LogP contribution is 2.48. The monoisotopic (exact) mass is 594 g/mol. The van der Waals surface area contributed by atoms with E-state index in [9.17, 15) is 60.3 Å². The largest absolute Gasteiger partial charge is 0.506 e. The Kier molecular flexibility index (Phi) is 7.92. The van der Waals surface area contributed by atoms with Gasteiger partial charge in [0.05, 0.1) is 24.3 Å². The molecule has 5 rings (SSSR count). The summed E-state index contributed by atoms with van der Waals surface area (Å²) in [6.45, 7) is -1.07. The first kappa shape index (κ1) is 29.8. The molecule has 2 aromatic carbocycles. The normalized spacial score (nSPS) is 32.7. The number of aliphatic hydroxyl groups excluding tert-OH is 6. The minimum Gasteiger partial charge on any atom is -0.506 e. The lowest BCUT2D eigenvalue weighted by atomic mass is 9.81. The maximum Gasteiger partial charge on any atom is 0.343 e. The zero-order valence-electron chi connectivity index (χ0n) is 21.3. The molecule has 0 bridgehead atoms. The lowest BCUT2D eigenvalue weighted by Gasteiger charge is -2.41. The predicted molar refractivity (Wildman–Crippen MR) is 131 cm³/mol. The van der Waals surface area contributed by atoms with Gasteiger partial charge in [-0.1, -0.05) is 24.3 Å². The van der Waals surface area contributed by atoms with Crippen molar-refractivity contribution in [3.8, 4) is 17.2 Å². The van der Waals surface area contributed by atoms with Crippen molar-refractivity contribution in [2.45, 2.75) is 55.3 Å². The number of carbonyl (C=O) groups excluding carboxylic acids is 2. The number of hydrogen-bond acceptors (Lipinski definition) is 15. The van der Waals surface area contributed by atoms with E-state index in [0.717, 1.165) is 0 Å². The molecule has 16 nitrogen and oxygen atoms in total. The molecule has 2 heterocycles. The lowest BCUT2D eigenvalue weighted by Crippen LogP contribution is -2.61. The number of carbonyl (C=O) groups is 3. The van der Waals surface area contributed by atoms with Crippen molar-refractivity contribution in [3.05, 3.63) is 52.1 Å². The minimum absolute atomic E-state index is 0.159. The summed E-state index contributed by atoms with van der Waals surface area (Å²) < 4.78 is 21.4. The van der Waals surface area contributed by atoms with Gasteiger partial charge in [0, 0.05) is 11.1 Å². The summed E-state index contributed by atoms with van der Waals surface area (Å²) >= 11 is 0. The van der Waals surface area contributed by atoms with E-state index in [4.69, 9.17) is 18.9 Å². The number of fused-ring (bicyclic) bond motifs is 2. The Morgan fingerprint density at radius 2 is 1.40 bits per heavy atom. The van der Waals surface area contributed by atoms with Crippen LogP contribution in [0.5, 0.6) is 17.2 Å². The smallest absolute Gasteiger partial charge is 0.343 e. The Morgan fingerprint density at radius 3 is 2.02 bits per heavy atom. The van der Waals surface area contributed by atoms with Gasteiger partial charge in [0.15, 0.2) is 29.4 Å². The maximum atomic E-state index is 13.4. The zero-order valence-corrected chi connectivity index (χ0v) is 21.3. The number of aliphatic hydroxyl groups is 6. The molecular formula is C26H26O16. The Bertz CT molecular complexity index is 1420. The van der Waals surface area contributed by atoms with Crippen LogP contribution in [0.2, 0.25) is 0 Å². The summed E-state index contributed by atoms with van der Waals surface area (Å²) in [5.74, 6) is -7.29. The fourth-order valence-corrected chi connectivity index (χ4v) is 4.99. The van der Waals surface area contributed by atoms with Gasteiger partial charge in [-0.3, -0.25) is 9.59 Å². The summed E-state index contributed by atoms with van der Waals surface area (Å²) in [5, 5.41) is 92.1. The van der Waals surface area contributed by atoms with Gasteiger partial charge < -0.3 is 64.9 Å². The van der Waals surface area contributed by atoms with Crippen molar-refractivity contribution >= 4 is 17.5 Å². The summed E-state index contributed by atoms with van der Waals surface area (Å²) in [6, 6.07) is 5.42. The Balaban J connectivity index is 1.49. The van der Waals surface area contributed by atoms with Crippen LogP contribution < -0.4 is 4.74 Å². The predicted octanol–water partition coefficient (Wildman–Crippen LogP) is -2.79. The molecule has 2 aromatic rings. The molecule has 0 unspecified atom stereocenters. The van der Waals surface area contributed by atoms with Crippen LogP contribution in [0.4, 0.5) is 0 Å². The van der Waals surface area contributed by atoms with E-state index in [1.54, 1.807) is 0 Å². The number of rotatable bonds is 6. The lowest BCUT2D eigenvalue weighted by molar-refractivity contribution is -0.307. The first-order valence-corrected chi connectivity index (χ1v) is 12.5. The third-order valence-corrected chi connectivity index (χ3v) is 7.27. The highest BCUT2D eigenvalue weighted by molar-refractivity contribution is 6.31. The quantitative estimate of drug-likeness (QED) is 0.140. The van der Waals surface area contributed by atoms with Crippen LogP contribution in [0.15, 0.2) is 24.3 Å². The van der Waals surface area contributed by atoms with Gasteiger partial charge in [0.2, 0.25) is 6.29 Å². The number of ketones is 2. The number of ether oxygens (including phenoxy) is 4. The highest BCUT2D eigenvalue weighted by Gasteiger charge is 2.48. The van der Waals surface area contributed by atoms with E-state index >= 15 is 0 Å². The van der Waals surface area contributed by atoms with Crippen LogP contribution in [0.25, 0.3) is 0 Å². The Morgan fingerprint density at radius 1 is 0.810 bits per heavy atom. The molecule has 42 heavy (non-hydrogen) atoms. The number of benzene rings is 2. The topological polar surface area (TPSA) is 270 Å². The van der Waals surface area contributed by atoms with E-state index in [2.05, 4.69) is 0 Å². The molecule has 0 aromatic heterocycles. The first-order chi connectivity index (χ1) is 19.8. The molecule has 2 aliphatic heterocycles. The van der Waals surface area contributed by atoms with E-state index in [1.807, 2.05) is 0 Å². The Hall–Kier alpha value is -3.71. The molecule has 16 heteroatoms. The van der Waals surface area contributed by atoms with Gasteiger partial charge in [-0.05, 0) is 0 Å². The molecule has 2 fully saturated rings. The van der Waals surface area contributed by atoms with Gasteiger partial charge >= 0.3 is 5.97 Å². The van der Waals surface area contributed by atoms with E-state index in [-0.39, 0.29) is 11.1 Å². The molecule has 3 aliphatic rings. The average Bonchev–Trinajstić information content (AvgIpc) is 2.96. The highest BCUT2D eigenvalue weighted by atomic mass is 16.7. The molecule has 0 amide bonds. The summed E-state index contributed by atoms with van der Waals surface area (Å²) in [4.78, 5) is 38.6. The number of carboxylic acid groups (broad SMARTS) is 1. The van der Waals surface area contributed by atoms with Gasteiger partial charge in [-0.25, -0.2) is 4.79 Å². The number of aromatic hydroxyl groups is 2. The molecular weight excluding hydrogens is 568 g/mol. The molecule has 9 atom stereocenters. The summed E-state index contributed by atoms with van der Waals surface area (Å²) in [6.07, 6.45) is -15.8.